The molecule has 1 aliphatic rings. The SMILES string of the molecule is COc1cccc2c(N3CCC(c4ncc[nH]4)CC3)nc(Cl)cc12. The number of hydrogen-bond acceptors (Lipinski definition) is 4. The molecule has 0 amide bonds. The number of imidazole rings is 1. The minimum absolute atomic E-state index is 0.483. The van der Waals surface area contributed by atoms with Gasteiger partial charge in [-0.25, -0.2) is 9.97 Å². The maximum absolute atomic E-state index is 6.27. The quantitative estimate of drug-likeness (QED) is 0.731. The number of ether oxygens (including phenoxy) is 1. The average Bonchev–Trinajstić information content (AvgIpc) is 3.15. The summed E-state index contributed by atoms with van der Waals surface area (Å²) in [7, 11) is 1.68. The van der Waals surface area contributed by atoms with Crippen LogP contribution in [0.2, 0.25) is 5.15 Å². The summed E-state index contributed by atoms with van der Waals surface area (Å²) >= 11 is 6.27. The number of aromatic nitrogens is 3. The Labute approximate surface area is 145 Å². The van der Waals surface area contributed by atoms with Crippen molar-refractivity contribution in [3.05, 3.63) is 47.6 Å². The molecule has 1 saturated heterocycles. The summed E-state index contributed by atoms with van der Waals surface area (Å²) in [6.07, 6.45) is 5.81. The fourth-order valence-corrected chi connectivity index (χ4v) is 3.67. The molecule has 0 bridgehead atoms. The largest absolute Gasteiger partial charge is 0.496 e. The molecule has 3 heterocycles. The molecular formula is C18H19ClN4O. The molecule has 5 nitrogen and oxygen atoms in total. The van der Waals surface area contributed by atoms with Crippen LogP contribution >= 0.6 is 11.6 Å². The van der Waals surface area contributed by atoms with E-state index in [9.17, 15) is 0 Å². The smallest absolute Gasteiger partial charge is 0.138 e. The summed E-state index contributed by atoms with van der Waals surface area (Å²) in [5.41, 5.74) is 0. The highest BCUT2D eigenvalue weighted by molar-refractivity contribution is 6.30. The Kier molecular flexibility index (Phi) is 4.02. The van der Waals surface area contributed by atoms with Crippen LogP contribution in [-0.2, 0) is 0 Å². The normalized spacial score (nSPS) is 15.8. The molecule has 4 rings (SSSR count). The summed E-state index contributed by atoms with van der Waals surface area (Å²) in [6.45, 7) is 1.87. The molecule has 2 aromatic heterocycles. The summed E-state index contributed by atoms with van der Waals surface area (Å²) in [5, 5.41) is 2.58. The van der Waals surface area contributed by atoms with Gasteiger partial charge in [-0.05, 0) is 25.0 Å². The van der Waals surface area contributed by atoms with Crippen molar-refractivity contribution >= 4 is 28.2 Å². The highest BCUT2D eigenvalue weighted by atomic mass is 35.5. The third-order valence-corrected chi connectivity index (χ3v) is 4.90. The van der Waals surface area contributed by atoms with Crippen LogP contribution in [0.25, 0.3) is 10.8 Å². The number of nitrogens with one attached hydrogen (secondary N) is 1. The van der Waals surface area contributed by atoms with E-state index in [0.29, 0.717) is 11.1 Å². The van der Waals surface area contributed by atoms with Gasteiger partial charge in [0.15, 0.2) is 0 Å². The van der Waals surface area contributed by atoms with Crippen LogP contribution in [0.3, 0.4) is 0 Å². The molecule has 1 aliphatic heterocycles. The Bertz CT molecular complexity index is 842. The lowest BCUT2D eigenvalue weighted by molar-refractivity contribution is 0.420. The highest BCUT2D eigenvalue weighted by Gasteiger charge is 2.24. The van der Waals surface area contributed by atoms with Gasteiger partial charge in [-0.15, -0.1) is 0 Å². The predicted molar refractivity (Wildman–Crippen MR) is 96.1 cm³/mol. The first-order chi connectivity index (χ1) is 11.8. The number of fused-ring (bicyclic) bond motifs is 1. The number of piperidine rings is 1. The van der Waals surface area contributed by atoms with Crippen molar-refractivity contribution < 1.29 is 4.74 Å². The number of H-pyrrole nitrogens is 1. The van der Waals surface area contributed by atoms with Crippen LogP contribution in [0.5, 0.6) is 5.75 Å². The molecule has 0 saturated carbocycles. The van der Waals surface area contributed by atoms with Gasteiger partial charge in [-0.2, -0.15) is 0 Å². The van der Waals surface area contributed by atoms with Crippen LogP contribution in [-0.4, -0.2) is 35.2 Å². The van der Waals surface area contributed by atoms with Gasteiger partial charge in [0.25, 0.3) is 0 Å². The zero-order valence-electron chi connectivity index (χ0n) is 13.5. The van der Waals surface area contributed by atoms with Crippen LogP contribution in [0, 0.1) is 0 Å². The number of pyridine rings is 1. The monoisotopic (exact) mass is 342 g/mol. The zero-order valence-corrected chi connectivity index (χ0v) is 14.3. The lowest BCUT2D eigenvalue weighted by atomic mass is 9.96. The van der Waals surface area contributed by atoms with E-state index >= 15 is 0 Å². The fourth-order valence-electron chi connectivity index (χ4n) is 3.49. The van der Waals surface area contributed by atoms with Gasteiger partial charge in [0, 0.05) is 42.2 Å². The maximum atomic E-state index is 6.27. The van der Waals surface area contributed by atoms with Crippen molar-refractivity contribution in [3.8, 4) is 5.75 Å². The van der Waals surface area contributed by atoms with Crippen molar-refractivity contribution in [1.82, 2.24) is 15.0 Å². The van der Waals surface area contributed by atoms with Gasteiger partial charge in [0.1, 0.15) is 22.5 Å². The van der Waals surface area contributed by atoms with E-state index in [2.05, 4.69) is 25.9 Å². The topological polar surface area (TPSA) is 54.0 Å². The first-order valence-electron chi connectivity index (χ1n) is 8.13. The maximum Gasteiger partial charge on any atom is 0.138 e. The number of halogens is 1. The van der Waals surface area contributed by atoms with Crippen LogP contribution in [0.15, 0.2) is 36.7 Å². The predicted octanol–water partition coefficient (Wildman–Crippen LogP) is 4.00. The number of anilines is 1. The first kappa shape index (κ1) is 15.3. The van der Waals surface area contributed by atoms with E-state index in [1.807, 2.05) is 30.6 Å². The second kappa shape index (κ2) is 6.32. The molecule has 0 aliphatic carbocycles. The average molecular weight is 343 g/mol. The molecule has 124 valence electrons. The molecule has 0 unspecified atom stereocenters. The number of nitrogens with zero attached hydrogens (tertiary/aromatic N) is 3. The third-order valence-electron chi connectivity index (χ3n) is 4.70. The van der Waals surface area contributed by atoms with Gasteiger partial charge in [-0.1, -0.05) is 23.7 Å². The molecular weight excluding hydrogens is 324 g/mol. The Morgan fingerprint density at radius 1 is 1.25 bits per heavy atom. The van der Waals surface area contributed by atoms with Gasteiger partial charge in [-0.3, -0.25) is 0 Å². The summed E-state index contributed by atoms with van der Waals surface area (Å²) < 4.78 is 5.47. The van der Waals surface area contributed by atoms with Crippen LogP contribution in [0.1, 0.15) is 24.6 Å². The van der Waals surface area contributed by atoms with Crippen molar-refractivity contribution in [3.63, 3.8) is 0 Å². The summed E-state index contributed by atoms with van der Waals surface area (Å²) in [6, 6.07) is 7.89. The van der Waals surface area contributed by atoms with Crippen molar-refractivity contribution in [2.45, 2.75) is 18.8 Å². The molecule has 1 fully saturated rings. The lowest BCUT2D eigenvalue weighted by Gasteiger charge is -2.32. The standard InChI is InChI=1S/C18H19ClN4O/c1-24-15-4-2-3-13-14(15)11-16(19)22-18(13)23-9-5-12(6-10-23)17-20-7-8-21-17/h2-4,7-8,11-12H,5-6,9-10H2,1H3,(H,20,21). The molecule has 3 aromatic rings. The van der Waals surface area contributed by atoms with E-state index in [1.54, 1.807) is 7.11 Å². The van der Waals surface area contributed by atoms with E-state index in [4.69, 9.17) is 16.3 Å². The molecule has 0 spiro atoms. The molecule has 0 radical (unpaired) electrons. The van der Waals surface area contributed by atoms with Gasteiger partial charge in [0.2, 0.25) is 0 Å². The number of hydrogen-bond donors (Lipinski definition) is 1. The highest BCUT2D eigenvalue weighted by Crippen LogP contribution is 2.36. The molecule has 1 aromatic carbocycles. The second-order valence-electron chi connectivity index (χ2n) is 6.06. The second-order valence-corrected chi connectivity index (χ2v) is 6.45. The minimum Gasteiger partial charge on any atom is -0.496 e. The molecule has 1 N–H and O–H groups in total. The van der Waals surface area contributed by atoms with Crippen molar-refractivity contribution in [1.29, 1.82) is 0 Å². The number of methoxy groups -OCH3 is 1. The molecule has 24 heavy (non-hydrogen) atoms. The number of aromatic amines is 1. The Hall–Kier alpha value is -2.27. The first-order valence-corrected chi connectivity index (χ1v) is 8.51. The van der Waals surface area contributed by atoms with Crippen molar-refractivity contribution in [2.75, 3.05) is 25.1 Å². The Morgan fingerprint density at radius 3 is 2.79 bits per heavy atom. The van der Waals surface area contributed by atoms with E-state index in [1.165, 1.54) is 0 Å². The van der Waals surface area contributed by atoms with Gasteiger partial charge < -0.3 is 14.6 Å². The minimum atomic E-state index is 0.483. The number of rotatable bonds is 3. The molecule has 6 heteroatoms. The van der Waals surface area contributed by atoms with Gasteiger partial charge in [0.05, 0.1) is 7.11 Å². The Morgan fingerprint density at radius 2 is 2.08 bits per heavy atom. The number of benzene rings is 1. The van der Waals surface area contributed by atoms with Crippen molar-refractivity contribution in [2.24, 2.45) is 0 Å². The van der Waals surface area contributed by atoms with E-state index in [-0.39, 0.29) is 0 Å². The van der Waals surface area contributed by atoms with Crippen LogP contribution in [0.4, 0.5) is 5.82 Å². The van der Waals surface area contributed by atoms with E-state index < -0.39 is 0 Å². The zero-order chi connectivity index (χ0) is 16.5. The third kappa shape index (κ3) is 2.69. The van der Waals surface area contributed by atoms with Crippen LogP contribution < -0.4 is 9.64 Å². The summed E-state index contributed by atoms with van der Waals surface area (Å²) in [4.78, 5) is 14.5. The lowest BCUT2D eigenvalue weighted by Crippen LogP contribution is -2.34. The fraction of sp³-hybridized carbons (Fsp3) is 0.333. The summed E-state index contributed by atoms with van der Waals surface area (Å²) in [5.74, 6) is 3.33. The Balaban J connectivity index is 1.65. The van der Waals surface area contributed by atoms with E-state index in [0.717, 1.165) is 54.1 Å². The van der Waals surface area contributed by atoms with Gasteiger partial charge >= 0.3 is 0 Å². The molecule has 0 atom stereocenters.